The maximum atomic E-state index is 13.7. The molecular weight excluding hydrogens is 494 g/mol. The molecule has 0 saturated carbocycles. The van der Waals surface area contributed by atoms with Crippen LogP contribution in [0, 0.1) is 0 Å². The van der Waals surface area contributed by atoms with E-state index in [1.807, 2.05) is 0 Å². The molecule has 1 nitrogen and oxygen atoms in total. The first kappa shape index (κ1) is 21.3. The van der Waals surface area contributed by atoms with Crippen LogP contribution in [0.2, 0.25) is 0 Å². The van der Waals surface area contributed by atoms with Gasteiger partial charge in [0.2, 0.25) is 0 Å². The summed E-state index contributed by atoms with van der Waals surface area (Å²) in [5.74, 6) is -19.6. The largest absolute Gasteiger partial charge is 0.460 e. The maximum Gasteiger partial charge on any atom is 0.460 e. The van der Waals surface area contributed by atoms with Gasteiger partial charge in [-0.3, -0.25) is 0 Å². The van der Waals surface area contributed by atoms with Crippen LogP contribution in [0.15, 0.2) is 33.9 Å². The average molecular weight is 504 g/mol. The van der Waals surface area contributed by atoms with Crippen molar-refractivity contribution in [2.75, 3.05) is 0 Å². The first-order chi connectivity index (χ1) is 11.6. The van der Waals surface area contributed by atoms with E-state index >= 15 is 0 Å². The highest BCUT2D eigenvalue weighted by Crippen LogP contribution is 2.54. The fraction of sp³-hybridized carbons (Fsp3) is 0.467. The molecule has 0 saturated heterocycles. The molecule has 11 heteroatoms. The summed E-state index contributed by atoms with van der Waals surface area (Å²) in [6.45, 7) is 0. The minimum Gasteiger partial charge on any atom is -0.384 e. The predicted molar refractivity (Wildman–Crippen MR) is 81.8 cm³/mol. The van der Waals surface area contributed by atoms with Crippen molar-refractivity contribution in [1.82, 2.24) is 0 Å². The molecular formula is C15H10F9IO. The topological polar surface area (TPSA) is 20.2 Å². The lowest BCUT2D eigenvalue weighted by Crippen LogP contribution is -2.60. The van der Waals surface area contributed by atoms with Crippen LogP contribution in [-0.2, 0) is 12.8 Å². The van der Waals surface area contributed by atoms with Crippen LogP contribution in [0.3, 0.4) is 0 Å². The molecule has 26 heavy (non-hydrogen) atoms. The molecule has 0 fully saturated rings. The monoisotopic (exact) mass is 504 g/mol. The van der Waals surface area contributed by atoms with Crippen LogP contribution < -0.4 is 0 Å². The van der Waals surface area contributed by atoms with Gasteiger partial charge in [-0.2, -0.15) is 39.5 Å². The molecule has 146 valence electrons. The van der Waals surface area contributed by atoms with Gasteiger partial charge in [0.05, 0.1) is 0 Å². The maximum absolute atomic E-state index is 13.7. The normalized spacial score (nSPS) is 18.8. The third-order valence-corrected chi connectivity index (χ3v) is 5.32. The number of aliphatic hydroxyl groups is 1. The standard InChI is InChI=1S/C15H10F9IO/c16-12(17,13(18,19)14(20,21)15(22,23)24)7-10(25)11(26)5-8-3-1-2-4-9(8)6-11/h1-4,7,26H,5-6H2. The van der Waals surface area contributed by atoms with Crippen molar-refractivity contribution in [2.45, 2.75) is 42.4 Å². The van der Waals surface area contributed by atoms with Gasteiger partial charge in [-0.05, 0) is 33.7 Å². The molecule has 2 rings (SSSR count). The highest BCUT2D eigenvalue weighted by molar-refractivity contribution is 14.1. The van der Waals surface area contributed by atoms with Gasteiger partial charge in [-0.15, -0.1) is 0 Å². The Kier molecular flexibility index (Phi) is 5.15. The van der Waals surface area contributed by atoms with Crippen molar-refractivity contribution in [3.05, 3.63) is 45.0 Å². The number of rotatable bonds is 4. The number of hydrogen-bond acceptors (Lipinski definition) is 1. The van der Waals surface area contributed by atoms with Crippen molar-refractivity contribution in [3.63, 3.8) is 0 Å². The van der Waals surface area contributed by atoms with Crippen LogP contribution in [0.25, 0.3) is 0 Å². The summed E-state index contributed by atoms with van der Waals surface area (Å²) < 4.78 is 115. The van der Waals surface area contributed by atoms with E-state index in [1.54, 1.807) is 24.3 Å². The van der Waals surface area contributed by atoms with E-state index in [4.69, 9.17) is 0 Å². The number of benzene rings is 1. The minimum absolute atomic E-state index is 0.269. The number of hydrogen-bond donors (Lipinski definition) is 1. The summed E-state index contributed by atoms with van der Waals surface area (Å²) in [7, 11) is 0. The quantitative estimate of drug-likeness (QED) is 0.436. The van der Waals surface area contributed by atoms with Gasteiger partial charge in [-0.25, -0.2) is 0 Å². The molecule has 0 amide bonds. The lowest BCUT2D eigenvalue weighted by molar-refractivity contribution is -0.388. The summed E-state index contributed by atoms with van der Waals surface area (Å²) >= 11 is 1.04. The van der Waals surface area contributed by atoms with Gasteiger partial charge in [-0.1, -0.05) is 24.3 Å². The molecule has 0 spiro atoms. The summed E-state index contributed by atoms with van der Waals surface area (Å²) in [6.07, 6.45) is -8.14. The SMILES string of the molecule is OC1(C(I)=CC(F)(F)C(F)(F)C(F)(F)C(F)(F)F)Cc2ccccc2C1. The van der Waals surface area contributed by atoms with Crippen molar-refractivity contribution >= 4 is 22.6 Å². The minimum atomic E-state index is -6.96. The van der Waals surface area contributed by atoms with E-state index < -0.39 is 39.2 Å². The fourth-order valence-electron chi connectivity index (χ4n) is 2.54. The van der Waals surface area contributed by atoms with Crippen LogP contribution >= 0.6 is 22.6 Å². The lowest BCUT2D eigenvalue weighted by Gasteiger charge is -2.33. The van der Waals surface area contributed by atoms with Crippen molar-refractivity contribution in [3.8, 4) is 0 Å². The Bertz CT molecular complexity index is 699. The van der Waals surface area contributed by atoms with Gasteiger partial charge in [0.25, 0.3) is 0 Å². The van der Waals surface area contributed by atoms with E-state index in [2.05, 4.69) is 0 Å². The Balaban J connectivity index is 2.38. The third kappa shape index (κ3) is 3.32. The zero-order chi connectivity index (χ0) is 20.2. The zero-order valence-electron chi connectivity index (χ0n) is 12.5. The smallest absolute Gasteiger partial charge is 0.384 e. The Labute approximate surface area is 155 Å². The molecule has 1 aromatic carbocycles. The molecule has 0 radical (unpaired) electrons. The van der Waals surface area contributed by atoms with Crippen LogP contribution in [0.4, 0.5) is 39.5 Å². The zero-order valence-corrected chi connectivity index (χ0v) is 14.7. The van der Waals surface area contributed by atoms with Crippen LogP contribution in [0.1, 0.15) is 11.1 Å². The first-order valence-electron chi connectivity index (χ1n) is 6.93. The summed E-state index contributed by atoms with van der Waals surface area (Å²) in [5.41, 5.74) is -1.06. The van der Waals surface area contributed by atoms with E-state index in [9.17, 15) is 44.6 Å². The summed E-state index contributed by atoms with van der Waals surface area (Å²) in [6, 6.07) is 6.24. The van der Waals surface area contributed by atoms with Gasteiger partial charge >= 0.3 is 23.9 Å². The Morgan fingerprint density at radius 2 is 1.31 bits per heavy atom. The average Bonchev–Trinajstić information content (AvgIpc) is 2.82. The number of fused-ring (bicyclic) bond motifs is 1. The van der Waals surface area contributed by atoms with Gasteiger partial charge < -0.3 is 5.11 Å². The molecule has 0 atom stereocenters. The molecule has 1 aliphatic rings. The summed E-state index contributed by atoms with van der Waals surface area (Å²) in [5, 5.41) is 10.4. The second kappa shape index (κ2) is 6.28. The van der Waals surface area contributed by atoms with E-state index in [1.165, 1.54) is 0 Å². The highest BCUT2D eigenvalue weighted by Gasteiger charge is 2.81. The number of alkyl halides is 9. The molecule has 0 bridgehead atoms. The second-order valence-corrected chi connectivity index (χ2v) is 7.08. The highest BCUT2D eigenvalue weighted by atomic mass is 127. The van der Waals surface area contributed by atoms with Crippen molar-refractivity contribution < 1.29 is 44.6 Å². The molecule has 1 aliphatic carbocycles. The second-order valence-electron chi connectivity index (χ2n) is 5.92. The Hall–Kier alpha value is -0.980. The van der Waals surface area contributed by atoms with Gasteiger partial charge in [0.1, 0.15) is 5.60 Å². The molecule has 0 aromatic heterocycles. The lowest BCUT2D eigenvalue weighted by atomic mass is 9.96. The molecule has 1 N–H and O–H groups in total. The van der Waals surface area contributed by atoms with Gasteiger partial charge in [0, 0.05) is 22.5 Å². The fourth-order valence-corrected chi connectivity index (χ4v) is 3.31. The number of halogens is 10. The molecule has 0 heterocycles. The Morgan fingerprint density at radius 3 is 1.69 bits per heavy atom. The van der Waals surface area contributed by atoms with Gasteiger partial charge in [0.15, 0.2) is 0 Å². The van der Waals surface area contributed by atoms with Crippen LogP contribution in [-0.4, -0.2) is 34.7 Å². The van der Waals surface area contributed by atoms with E-state index in [0.29, 0.717) is 11.1 Å². The van der Waals surface area contributed by atoms with Crippen LogP contribution in [0.5, 0.6) is 0 Å². The van der Waals surface area contributed by atoms with Crippen molar-refractivity contribution in [1.29, 1.82) is 0 Å². The predicted octanol–water partition coefficient (Wildman–Crippen LogP) is 5.30. The van der Waals surface area contributed by atoms with E-state index in [0.717, 1.165) is 22.6 Å². The molecule has 0 unspecified atom stereocenters. The summed E-state index contributed by atoms with van der Waals surface area (Å²) in [4.78, 5) is 0. The third-order valence-electron chi connectivity index (χ3n) is 4.01. The molecule has 0 aliphatic heterocycles. The Morgan fingerprint density at radius 1 is 0.885 bits per heavy atom. The molecule has 1 aromatic rings. The first-order valence-corrected chi connectivity index (χ1v) is 8.01. The van der Waals surface area contributed by atoms with Crippen molar-refractivity contribution in [2.24, 2.45) is 0 Å². The number of allylic oxidation sites excluding steroid dienone is 1. The van der Waals surface area contributed by atoms with E-state index in [-0.39, 0.29) is 12.8 Å².